The van der Waals surface area contributed by atoms with Crippen molar-refractivity contribution in [3.05, 3.63) is 0 Å². The molecule has 0 aliphatic carbocycles. The van der Waals surface area contributed by atoms with Crippen LogP contribution in [0, 0.1) is 5.92 Å². The van der Waals surface area contributed by atoms with Gasteiger partial charge in [-0.1, -0.05) is 0 Å². The van der Waals surface area contributed by atoms with E-state index in [-0.39, 0.29) is 11.9 Å². The largest absolute Gasteiger partial charge is 0.381 e. The van der Waals surface area contributed by atoms with Gasteiger partial charge >= 0.3 is 0 Å². The summed E-state index contributed by atoms with van der Waals surface area (Å²) in [6.45, 7) is 4.25. The van der Waals surface area contributed by atoms with Crippen LogP contribution in [0.1, 0.15) is 19.8 Å². The minimum absolute atomic E-state index is 0.0677. The SMILES string of the molecule is CNC(C)C(=O)NCC1CCCOC1. The monoisotopic (exact) mass is 200 g/mol. The van der Waals surface area contributed by atoms with Gasteiger partial charge in [-0.15, -0.1) is 0 Å². The van der Waals surface area contributed by atoms with Crippen molar-refractivity contribution in [2.24, 2.45) is 5.92 Å². The summed E-state index contributed by atoms with van der Waals surface area (Å²) >= 11 is 0. The van der Waals surface area contributed by atoms with Gasteiger partial charge in [-0.25, -0.2) is 0 Å². The van der Waals surface area contributed by atoms with Crippen LogP contribution in [0.15, 0.2) is 0 Å². The van der Waals surface area contributed by atoms with E-state index >= 15 is 0 Å². The normalized spacial score (nSPS) is 24.3. The third-order valence-corrected chi connectivity index (χ3v) is 2.65. The average Bonchev–Trinajstić information content (AvgIpc) is 2.26. The molecule has 1 heterocycles. The molecule has 0 radical (unpaired) electrons. The van der Waals surface area contributed by atoms with Crippen LogP contribution in [-0.4, -0.2) is 38.8 Å². The number of carbonyl (C=O) groups is 1. The lowest BCUT2D eigenvalue weighted by Crippen LogP contribution is -2.43. The maximum atomic E-state index is 11.4. The quantitative estimate of drug-likeness (QED) is 0.678. The zero-order valence-electron chi connectivity index (χ0n) is 9.01. The number of hydrogen-bond donors (Lipinski definition) is 2. The van der Waals surface area contributed by atoms with Crippen LogP contribution in [0.25, 0.3) is 0 Å². The van der Waals surface area contributed by atoms with Crippen LogP contribution in [0.4, 0.5) is 0 Å². The molecule has 0 spiro atoms. The van der Waals surface area contributed by atoms with E-state index in [1.807, 2.05) is 6.92 Å². The Morgan fingerprint density at radius 3 is 3.00 bits per heavy atom. The van der Waals surface area contributed by atoms with Crippen molar-refractivity contribution in [2.75, 3.05) is 26.8 Å². The third kappa shape index (κ3) is 3.64. The summed E-state index contributed by atoms with van der Waals surface area (Å²) in [5.41, 5.74) is 0. The molecule has 0 aromatic rings. The number of amides is 1. The Morgan fingerprint density at radius 2 is 2.43 bits per heavy atom. The Bertz CT molecular complexity index is 179. The van der Waals surface area contributed by atoms with Gasteiger partial charge in [0.1, 0.15) is 0 Å². The molecule has 1 fully saturated rings. The van der Waals surface area contributed by atoms with Crippen molar-refractivity contribution in [1.82, 2.24) is 10.6 Å². The van der Waals surface area contributed by atoms with Crippen molar-refractivity contribution >= 4 is 5.91 Å². The summed E-state index contributed by atoms with van der Waals surface area (Å²) < 4.78 is 5.33. The first-order valence-electron chi connectivity index (χ1n) is 5.26. The van der Waals surface area contributed by atoms with E-state index in [4.69, 9.17) is 4.74 Å². The van der Waals surface area contributed by atoms with Crippen LogP contribution < -0.4 is 10.6 Å². The standard InChI is InChI=1S/C10H20N2O2/c1-8(11-2)10(13)12-6-9-4-3-5-14-7-9/h8-9,11H,3-7H2,1-2H3,(H,12,13). The van der Waals surface area contributed by atoms with Crippen molar-refractivity contribution in [2.45, 2.75) is 25.8 Å². The molecule has 2 N–H and O–H groups in total. The predicted molar refractivity (Wildman–Crippen MR) is 55.1 cm³/mol. The Kier molecular flexibility index (Phi) is 4.90. The third-order valence-electron chi connectivity index (χ3n) is 2.65. The molecule has 1 rings (SSSR count). The van der Waals surface area contributed by atoms with Gasteiger partial charge < -0.3 is 15.4 Å². The maximum absolute atomic E-state index is 11.4. The summed E-state index contributed by atoms with van der Waals surface area (Å²) in [4.78, 5) is 11.4. The summed E-state index contributed by atoms with van der Waals surface area (Å²) in [7, 11) is 1.79. The second-order valence-corrected chi connectivity index (χ2v) is 3.84. The van der Waals surface area contributed by atoms with Gasteiger partial charge in [0.05, 0.1) is 12.6 Å². The molecular weight excluding hydrogens is 180 g/mol. The molecule has 82 valence electrons. The molecule has 0 saturated carbocycles. The van der Waals surface area contributed by atoms with E-state index in [0.717, 1.165) is 32.6 Å². The number of carbonyl (C=O) groups excluding carboxylic acids is 1. The van der Waals surface area contributed by atoms with Crippen LogP contribution in [-0.2, 0) is 9.53 Å². The first-order valence-corrected chi connectivity index (χ1v) is 5.26. The molecule has 1 amide bonds. The fourth-order valence-electron chi connectivity index (χ4n) is 1.50. The van der Waals surface area contributed by atoms with Crippen molar-refractivity contribution < 1.29 is 9.53 Å². The van der Waals surface area contributed by atoms with Gasteiger partial charge in [-0.2, -0.15) is 0 Å². The first-order chi connectivity index (χ1) is 6.74. The topological polar surface area (TPSA) is 50.4 Å². The lowest BCUT2D eigenvalue weighted by molar-refractivity contribution is -0.123. The smallest absolute Gasteiger partial charge is 0.236 e. The minimum atomic E-state index is -0.112. The predicted octanol–water partition coefficient (Wildman–Crippen LogP) is 0.137. The molecule has 2 atom stereocenters. The number of likely N-dealkylation sites (N-methyl/N-ethyl adjacent to an activating group) is 1. The zero-order chi connectivity index (χ0) is 10.4. The minimum Gasteiger partial charge on any atom is -0.381 e. The molecule has 1 saturated heterocycles. The molecule has 0 aromatic carbocycles. The van der Waals surface area contributed by atoms with Gasteiger partial charge in [0.25, 0.3) is 0 Å². The Morgan fingerprint density at radius 1 is 1.64 bits per heavy atom. The van der Waals surface area contributed by atoms with E-state index in [1.54, 1.807) is 7.05 Å². The molecule has 0 bridgehead atoms. The Balaban J connectivity index is 2.15. The lowest BCUT2D eigenvalue weighted by Gasteiger charge is -2.22. The summed E-state index contributed by atoms with van der Waals surface area (Å²) in [6, 6.07) is -0.112. The molecule has 2 unspecified atom stereocenters. The molecule has 1 aliphatic heterocycles. The van der Waals surface area contributed by atoms with E-state index in [1.165, 1.54) is 0 Å². The van der Waals surface area contributed by atoms with Crippen LogP contribution in [0.5, 0.6) is 0 Å². The maximum Gasteiger partial charge on any atom is 0.236 e. The summed E-state index contributed by atoms with van der Waals surface area (Å²) in [6.07, 6.45) is 2.27. The number of nitrogens with one attached hydrogen (secondary N) is 2. The molecular formula is C10H20N2O2. The van der Waals surface area contributed by atoms with Gasteiger partial charge in [0.15, 0.2) is 0 Å². The van der Waals surface area contributed by atoms with Crippen LogP contribution in [0.2, 0.25) is 0 Å². The average molecular weight is 200 g/mol. The fourth-order valence-corrected chi connectivity index (χ4v) is 1.50. The van der Waals surface area contributed by atoms with Gasteiger partial charge in [0.2, 0.25) is 5.91 Å². The Labute approximate surface area is 85.4 Å². The number of hydrogen-bond acceptors (Lipinski definition) is 3. The Hall–Kier alpha value is -0.610. The van der Waals surface area contributed by atoms with E-state index in [0.29, 0.717) is 5.92 Å². The number of ether oxygens (including phenoxy) is 1. The first kappa shape index (κ1) is 11.5. The van der Waals surface area contributed by atoms with E-state index in [9.17, 15) is 4.79 Å². The molecule has 4 nitrogen and oxygen atoms in total. The summed E-state index contributed by atoms with van der Waals surface area (Å²) in [5, 5.41) is 5.83. The highest BCUT2D eigenvalue weighted by molar-refractivity contribution is 5.81. The molecule has 1 aliphatic rings. The molecule has 0 aromatic heterocycles. The van der Waals surface area contributed by atoms with Crippen molar-refractivity contribution in [1.29, 1.82) is 0 Å². The van der Waals surface area contributed by atoms with E-state index < -0.39 is 0 Å². The van der Waals surface area contributed by atoms with Gasteiger partial charge in [-0.3, -0.25) is 4.79 Å². The highest BCUT2D eigenvalue weighted by Crippen LogP contribution is 2.11. The lowest BCUT2D eigenvalue weighted by atomic mass is 10.0. The fraction of sp³-hybridized carbons (Fsp3) is 0.900. The highest BCUT2D eigenvalue weighted by atomic mass is 16.5. The van der Waals surface area contributed by atoms with Crippen LogP contribution >= 0.6 is 0 Å². The van der Waals surface area contributed by atoms with E-state index in [2.05, 4.69) is 10.6 Å². The highest BCUT2D eigenvalue weighted by Gasteiger charge is 2.16. The molecule has 14 heavy (non-hydrogen) atoms. The van der Waals surface area contributed by atoms with Gasteiger partial charge in [-0.05, 0) is 32.7 Å². The second-order valence-electron chi connectivity index (χ2n) is 3.84. The molecule has 4 heteroatoms. The van der Waals surface area contributed by atoms with Crippen LogP contribution in [0.3, 0.4) is 0 Å². The van der Waals surface area contributed by atoms with Crippen molar-refractivity contribution in [3.63, 3.8) is 0 Å². The number of rotatable bonds is 4. The second kappa shape index (κ2) is 5.98. The zero-order valence-corrected chi connectivity index (χ0v) is 9.01. The van der Waals surface area contributed by atoms with Gasteiger partial charge in [0, 0.05) is 13.2 Å². The summed E-state index contributed by atoms with van der Waals surface area (Å²) in [5.74, 6) is 0.565. The van der Waals surface area contributed by atoms with Crippen molar-refractivity contribution in [3.8, 4) is 0 Å².